The van der Waals surface area contributed by atoms with Crippen LogP contribution in [0.15, 0.2) is 0 Å². The lowest BCUT2D eigenvalue weighted by Gasteiger charge is -2.29. The molecule has 1 heterocycles. The van der Waals surface area contributed by atoms with Crippen LogP contribution < -0.4 is 0 Å². The van der Waals surface area contributed by atoms with E-state index in [2.05, 4.69) is 16.7 Å². The molecule has 0 bridgehead atoms. The second-order valence-electron chi connectivity index (χ2n) is 4.44. The van der Waals surface area contributed by atoms with Crippen LogP contribution in [0, 0.1) is 0 Å². The summed E-state index contributed by atoms with van der Waals surface area (Å²) in [5, 5.41) is 18.4. The quantitative estimate of drug-likeness (QED) is 0.681. The summed E-state index contributed by atoms with van der Waals surface area (Å²) in [4.78, 5) is 4.62. The molecule has 0 spiro atoms. The average molecular weight is 216 g/mol. The van der Waals surface area contributed by atoms with E-state index < -0.39 is 0 Å². The predicted molar refractivity (Wildman–Crippen MR) is 60.9 cm³/mol. The van der Waals surface area contributed by atoms with Gasteiger partial charge in [-0.2, -0.15) is 0 Å². The number of β-amino-alcohol motifs (C(OH)–C–C–N with tert-alkyl or cyclic N) is 1. The van der Waals surface area contributed by atoms with E-state index in [4.69, 9.17) is 5.11 Å². The Morgan fingerprint density at radius 3 is 2.47 bits per heavy atom. The molecule has 1 aliphatic heterocycles. The minimum atomic E-state index is -0.269. The fourth-order valence-corrected chi connectivity index (χ4v) is 2.07. The van der Waals surface area contributed by atoms with E-state index >= 15 is 0 Å². The molecule has 0 saturated carbocycles. The van der Waals surface area contributed by atoms with Gasteiger partial charge in [-0.15, -0.1) is 0 Å². The lowest BCUT2D eigenvalue weighted by Crippen LogP contribution is -2.42. The third-order valence-corrected chi connectivity index (χ3v) is 3.31. The van der Waals surface area contributed by atoms with Crippen molar-refractivity contribution in [2.24, 2.45) is 0 Å². The Balaban J connectivity index is 2.38. The van der Waals surface area contributed by atoms with Crippen LogP contribution in [0.3, 0.4) is 0 Å². The third kappa shape index (κ3) is 4.07. The molecule has 2 N–H and O–H groups in total. The summed E-state index contributed by atoms with van der Waals surface area (Å²) in [5.74, 6) is 0. The number of aliphatic hydroxyl groups is 2. The molecule has 1 fully saturated rings. The molecule has 0 aliphatic carbocycles. The van der Waals surface area contributed by atoms with Gasteiger partial charge in [0, 0.05) is 25.7 Å². The van der Waals surface area contributed by atoms with E-state index in [9.17, 15) is 5.11 Å². The van der Waals surface area contributed by atoms with Crippen LogP contribution in [0.2, 0.25) is 0 Å². The molecule has 1 rings (SSSR count). The van der Waals surface area contributed by atoms with Gasteiger partial charge in [0.1, 0.15) is 0 Å². The number of rotatable bonds is 4. The van der Waals surface area contributed by atoms with Gasteiger partial charge in [-0.1, -0.05) is 0 Å². The van der Waals surface area contributed by atoms with Crippen LogP contribution in [0.5, 0.6) is 0 Å². The van der Waals surface area contributed by atoms with E-state index in [1.807, 2.05) is 6.92 Å². The SMILES string of the molecule is CC(O)C(C)N1CCCN(CCO)CC1. The zero-order chi connectivity index (χ0) is 11.3. The predicted octanol–water partition coefficient (Wildman–Crippen LogP) is -0.244. The van der Waals surface area contributed by atoms with E-state index in [0.717, 1.165) is 39.1 Å². The summed E-state index contributed by atoms with van der Waals surface area (Å²) < 4.78 is 0. The standard InChI is InChI=1S/C11H24N2O2/c1-10(11(2)15)13-5-3-4-12(6-7-13)8-9-14/h10-11,14-15H,3-9H2,1-2H3. The maximum Gasteiger partial charge on any atom is 0.0664 e. The smallest absolute Gasteiger partial charge is 0.0664 e. The molecule has 0 aromatic carbocycles. The monoisotopic (exact) mass is 216 g/mol. The number of nitrogens with zero attached hydrogens (tertiary/aromatic N) is 2. The zero-order valence-electron chi connectivity index (χ0n) is 9.89. The summed E-state index contributed by atoms with van der Waals surface area (Å²) in [6.45, 7) is 9.04. The first-order valence-electron chi connectivity index (χ1n) is 5.90. The van der Waals surface area contributed by atoms with Crippen molar-refractivity contribution in [3.05, 3.63) is 0 Å². The fourth-order valence-electron chi connectivity index (χ4n) is 2.07. The van der Waals surface area contributed by atoms with Crippen LogP contribution in [-0.2, 0) is 0 Å². The molecule has 2 unspecified atom stereocenters. The van der Waals surface area contributed by atoms with Gasteiger partial charge in [-0.05, 0) is 33.4 Å². The van der Waals surface area contributed by atoms with Crippen LogP contribution >= 0.6 is 0 Å². The Morgan fingerprint density at radius 1 is 1.13 bits per heavy atom. The molecule has 15 heavy (non-hydrogen) atoms. The van der Waals surface area contributed by atoms with Crippen molar-refractivity contribution in [3.63, 3.8) is 0 Å². The highest BCUT2D eigenvalue weighted by molar-refractivity contribution is 4.76. The Hall–Kier alpha value is -0.160. The maximum atomic E-state index is 9.54. The number of hydrogen-bond donors (Lipinski definition) is 2. The first-order valence-corrected chi connectivity index (χ1v) is 5.90. The van der Waals surface area contributed by atoms with Gasteiger partial charge >= 0.3 is 0 Å². The largest absolute Gasteiger partial charge is 0.395 e. The second kappa shape index (κ2) is 6.43. The summed E-state index contributed by atoms with van der Waals surface area (Å²) in [5.41, 5.74) is 0. The molecular weight excluding hydrogens is 192 g/mol. The summed E-state index contributed by atoms with van der Waals surface area (Å²) >= 11 is 0. The molecule has 1 aliphatic rings. The lowest BCUT2D eigenvalue weighted by atomic mass is 10.2. The third-order valence-electron chi connectivity index (χ3n) is 3.31. The Bertz CT molecular complexity index is 176. The van der Waals surface area contributed by atoms with Crippen molar-refractivity contribution in [2.75, 3.05) is 39.3 Å². The van der Waals surface area contributed by atoms with Gasteiger partial charge in [-0.25, -0.2) is 0 Å². The molecule has 4 heteroatoms. The highest BCUT2D eigenvalue weighted by Crippen LogP contribution is 2.09. The average Bonchev–Trinajstić information content (AvgIpc) is 2.43. The van der Waals surface area contributed by atoms with Crippen molar-refractivity contribution >= 4 is 0 Å². The Kier molecular flexibility index (Phi) is 5.53. The van der Waals surface area contributed by atoms with Gasteiger partial charge in [0.15, 0.2) is 0 Å². The second-order valence-corrected chi connectivity index (χ2v) is 4.44. The molecule has 0 aromatic rings. The highest BCUT2D eigenvalue weighted by atomic mass is 16.3. The van der Waals surface area contributed by atoms with Gasteiger partial charge in [0.2, 0.25) is 0 Å². The zero-order valence-corrected chi connectivity index (χ0v) is 9.89. The Morgan fingerprint density at radius 2 is 1.87 bits per heavy atom. The molecule has 0 radical (unpaired) electrons. The fraction of sp³-hybridized carbons (Fsp3) is 1.00. The normalized spacial score (nSPS) is 24.8. The minimum absolute atomic E-state index is 0.235. The number of hydrogen-bond acceptors (Lipinski definition) is 4. The molecule has 0 aromatic heterocycles. The van der Waals surface area contributed by atoms with Gasteiger partial charge in [0.05, 0.1) is 12.7 Å². The maximum absolute atomic E-state index is 9.54. The van der Waals surface area contributed by atoms with Crippen LogP contribution in [0.1, 0.15) is 20.3 Å². The van der Waals surface area contributed by atoms with E-state index in [-0.39, 0.29) is 18.8 Å². The van der Waals surface area contributed by atoms with Crippen molar-refractivity contribution in [2.45, 2.75) is 32.4 Å². The summed E-state index contributed by atoms with van der Waals surface area (Å²) in [6, 6.07) is 0.235. The van der Waals surface area contributed by atoms with Gasteiger partial charge in [0.25, 0.3) is 0 Å². The first-order chi connectivity index (χ1) is 7.15. The summed E-state index contributed by atoms with van der Waals surface area (Å²) in [6.07, 6.45) is 0.853. The first kappa shape index (κ1) is 12.9. The van der Waals surface area contributed by atoms with Gasteiger partial charge in [-0.3, -0.25) is 9.80 Å². The van der Waals surface area contributed by atoms with E-state index in [0.29, 0.717) is 0 Å². The topological polar surface area (TPSA) is 46.9 Å². The summed E-state index contributed by atoms with van der Waals surface area (Å²) in [7, 11) is 0. The lowest BCUT2D eigenvalue weighted by molar-refractivity contribution is 0.0724. The minimum Gasteiger partial charge on any atom is -0.395 e. The van der Waals surface area contributed by atoms with Crippen molar-refractivity contribution in [3.8, 4) is 0 Å². The van der Waals surface area contributed by atoms with Crippen LogP contribution in [-0.4, -0.2) is 71.5 Å². The van der Waals surface area contributed by atoms with Crippen LogP contribution in [0.4, 0.5) is 0 Å². The van der Waals surface area contributed by atoms with E-state index in [1.165, 1.54) is 0 Å². The van der Waals surface area contributed by atoms with Crippen molar-refractivity contribution < 1.29 is 10.2 Å². The molecule has 1 saturated heterocycles. The number of aliphatic hydroxyl groups excluding tert-OH is 2. The van der Waals surface area contributed by atoms with Crippen molar-refractivity contribution in [1.82, 2.24) is 9.80 Å². The van der Waals surface area contributed by atoms with E-state index in [1.54, 1.807) is 0 Å². The molecule has 2 atom stereocenters. The molecule has 90 valence electrons. The molecular formula is C11H24N2O2. The van der Waals surface area contributed by atoms with Crippen LogP contribution in [0.25, 0.3) is 0 Å². The van der Waals surface area contributed by atoms with Crippen molar-refractivity contribution in [1.29, 1.82) is 0 Å². The molecule has 4 nitrogen and oxygen atoms in total. The Labute approximate surface area is 92.5 Å². The van der Waals surface area contributed by atoms with Gasteiger partial charge < -0.3 is 10.2 Å². The highest BCUT2D eigenvalue weighted by Gasteiger charge is 2.21. The molecule has 0 amide bonds.